The summed E-state index contributed by atoms with van der Waals surface area (Å²) in [5, 5.41) is 12.2. The van der Waals surface area contributed by atoms with E-state index in [-0.39, 0.29) is 18.6 Å². The van der Waals surface area contributed by atoms with Gasteiger partial charge in [0.2, 0.25) is 0 Å². The molecular formula is C19H26N2O5. The number of morpholine rings is 1. The predicted octanol–water partition coefficient (Wildman–Crippen LogP) is 0.662. The molecule has 2 bridgehead atoms. The standard InChI is InChI=1S/C19H26N2O5/c1-12(2)8-14(11-22)20-18(23)16-17-19(24)21(10-15(25-16)26-17)9-13-6-4-3-5-7-13/h3-7,12,14-17,22H,8-11H2,1-2H3,(H,20,23)/t14-,15-,16-,17+/m1/s1. The first-order valence-electron chi connectivity index (χ1n) is 9.02. The molecule has 2 heterocycles. The molecule has 2 aliphatic rings. The molecule has 0 radical (unpaired) electrons. The maximum absolute atomic E-state index is 12.7. The average Bonchev–Trinajstić information content (AvgIpc) is 2.99. The number of benzene rings is 1. The van der Waals surface area contributed by atoms with Gasteiger partial charge in [-0.05, 0) is 17.9 Å². The van der Waals surface area contributed by atoms with Crippen LogP contribution in [-0.2, 0) is 25.6 Å². The molecule has 3 rings (SSSR count). The van der Waals surface area contributed by atoms with Crippen molar-refractivity contribution in [2.24, 2.45) is 5.92 Å². The van der Waals surface area contributed by atoms with Crippen LogP contribution in [0.15, 0.2) is 30.3 Å². The molecule has 7 nitrogen and oxygen atoms in total. The minimum absolute atomic E-state index is 0.153. The van der Waals surface area contributed by atoms with Gasteiger partial charge in [0, 0.05) is 6.54 Å². The first kappa shape index (κ1) is 18.8. The summed E-state index contributed by atoms with van der Waals surface area (Å²) in [5.74, 6) is -0.324. The molecule has 7 heteroatoms. The molecule has 2 amide bonds. The minimum atomic E-state index is -0.977. The number of ether oxygens (including phenoxy) is 2. The van der Waals surface area contributed by atoms with Gasteiger partial charge in [0.15, 0.2) is 18.5 Å². The molecule has 142 valence electrons. The highest BCUT2D eigenvalue weighted by Crippen LogP contribution is 2.28. The maximum atomic E-state index is 12.7. The highest BCUT2D eigenvalue weighted by Gasteiger charge is 2.51. The lowest BCUT2D eigenvalue weighted by molar-refractivity contribution is -0.162. The Labute approximate surface area is 153 Å². The SMILES string of the molecule is CC(C)C[C@H](CO)NC(=O)[C@@H]1O[C@H]2CN(Cc3ccccc3)C(=O)[C@H]1O2. The van der Waals surface area contributed by atoms with E-state index in [1.165, 1.54) is 0 Å². The lowest BCUT2D eigenvalue weighted by Crippen LogP contribution is -2.52. The zero-order valence-corrected chi connectivity index (χ0v) is 15.1. The van der Waals surface area contributed by atoms with Crippen LogP contribution in [-0.4, -0.2) is 59.5 Å². The Kier molecular flexibility index (Phi) is 5.90. The summed E-state index contributed by atoms with van der Waals surface area (Å²) in [5.41, 5.74) is 1.01. The fourth-order valence-electron chi connectivity index (χ4n) is 3.40. The summed E-state index contributed by atoms with van der Waals surface area (Å²) in [6.45, 7) is 4.63. The van der Waals surface area contributed by atoms with Crippen LogP contribution in [0.4, 0.5) is 0 Å². The Morgan fingerprint density at radius 2 is 2.04 bits per heavy atom. The van der Waals surface area contributed by atoms with Crippen molar-refractivity contribution in [1.29, 1.82) is 0 Å². The van der Waals surface area contributed by atoms with Crippen LogP contribution in [0.2, 0.25) is 0 Å². The summed E-state index contributed by atoms with van der Waals surface area (Å²) in [6, 6.07) is 9.31. The summed E-state index contributed by atoms with van der Waals surface area (Å²) in [7, 11) is 0. The Bertz CT molecular complexity index is 636. The first-order chi connectivity index (χ1) is 12.5. The monoisotopic (exact) mass is 362 g/mol. The van der Waals surface area contributed by atoms with Gasteiger partial charge in [0.25, 0.3) is 11.8 Å². The van der Waals surface area contributed by atoms with Crippen molar-refractivity contribution < 1.29 is 24.2 Å². The van der Waals surface area contributed by atoms with Crippen molar-refractivity contribution in [1.82, 2.24) is 10.2 Å². The van der Waals surface area contributed by atoms with E-state index in [1.807, 2.05) is 44.2 Å². The van der Waals surface area contributed by atoms with Gasteiger partial charge in [-0.3, -0.25) is 9.59 Å². The number of fused-ring (bicyclic) bond motifs is 2. The number of nitrogens with zero attached hydrogens (tertiary/aromatic N) is 1. The van der Waals surface area contributed by atoms with E-state index >= 15 is 0 Å². The van der Waals surface area contributed by atoms with Crippen LogP contribution in [0.25, 0.3) is 0 Å². The Balaban J connectivity index is 1.63. The van der Waals surface area contributed by atoms with E-state index in [1.54, 1.807) is 4.90 Å². The highest BCUT2D eigenvalue weighted by atomic mass is 16.7. The molecule has 0 aliphatic carbocycles. The van der Waals surface area contributed by atoms with Gasteiger partial charge in [0.05, 0.1) is 19.2 Å². The second-order valence-corrected chi connectivity index (χ2v) is 7.26. The molecule has 2 aliphatic heterocycles. The van der Waals surface area contributed by atoms with E-state index < -0.39 is 24.4 Å². The second kappa shape index (κ2) is 8.16. The maximum Gasteiger partial charge on any atom is 0.255 e. The number of aliphatic hydroxyl groups excluding tert-OH is 1. The van der Waals surface area contributed by atoms with Gasteiger partial charge >= 0.3 is 0 Å². The molecule has 4 atom stereocenters. The second-order valence-electron chi connectivity index (χ2n) is 7.26. The zero-order chi connectivity index (χ0) is 18.7. The van der Waals surface area contributed by atoms with E-state index in [2.05, 4.69) is 5.32 Å². The molecule has 1 aromatic rings. The van der Waals surface area contributed by atoms with Crippen molar-refractivity contribution >= 4 is 11.8 Å². The molecule has 0 unspecified atom stereocenters. The lowest BCUT2D eigenvalue weighted by atomic mass is 10.0. The van der Waals surface area contributed by atoms with E-state index in [9.17, 15) is 14.7 Å². The van der Waals surface area contributed by atoms with Crippen LogP contribution in [0, 0.1) is 5.92 Å². The molecule has 1 aromatic carbocycles. The van der Waals surface area contributed by atoms with Gasteiger partial charge in [0.1, 0.15) is 0 Å². The number of amides is 2. The normalized spacial score (nSPS) is 26.2. The van der Waals surface area contributed by atoms with E-state index in [4.69, 9.17) is 9.47 Å². The van der Waals surface area contributed by atoms with E-state index in [0.717, 1.165) is 5.56 Å². The number of aliphatic hydroxyl groups is 1. The molecule has 0 saturated carbocycles. The third-order valence-electron chi connectivity index (χ3n) is 4.59. The number of hydrogen-bond acceptors (Lipinski definition) is 5. The van der Waals surface area contributed by atoms with Crippen molar-refractivity contribution in [3.8, 4) is 0 Å². The number of hydrogen-bond donors (Lipinski definition) is 2. The van der Waals surface area contributed by atoms with Crippen molar-refractivity contribution in [2.75, 3.05) is 13.2 Å². The number of carbonyl (C=O) groups is 2. The van der Waals surface area contributed by atoms with Gasteiger partial charge < -0.3 is 24.8 Å². The molecule has 26 heavy (non-hydrogen) atoms. The number of nitrogens with one attached hydrogen (secondary N) is 1. The number of carbonyl (C=O) groups excluding carboxylic acids is 2. The molecule has 2 fully saturated rings. The minimum Gasteiger partial charge on any atom is -0.394 e. The van der Waals surface area contributed by atoms with Crippen LogP contribution in [0.5, 0.6) is 0 Å². The quantitative estimate of drug-likeness (QED) is 0.744. The molecular weight excluding hydrogens is 336 g/mol. The molecule has 2 saturated heterocycles. The summed E-state index contributed by atoms with van der Waals surface area (Å²) < 4.78 is 11.2. The van der Waals surface area contributed by atoms with Crippen molar-refractivity contribution in [3.63, 3.8) is 0 Å². The van der Waals surface area contributed by atoms with Gasteiger partial charge in [-0.1, -0.05) is 44.2 Å². The van der Waals surface area contributed by atoms with Crippen LogP contribution in [0.1, 0.15) is 25.8 Å². The Morgan fingerprint density at radius 3 is 2.69 bits per heavy atom. The molecule has 0 aromatic heterocycles. The van der Waals surface area contributed by atoms with Gasteiger partial charge in [-0.25, -0.2) is 0 Å². The lowest BCUT2D eigenvalue weighted by Gasteiger charge is -2.30. The fraction of sp³-hybridized carbons (Fsp3) is 0.579. The van der Waals surface area contributed by atoms with Crippen molar-refractivity contribution in [3.05, 3.63) is 35.9 Å². The van der Waals surface area contributed by atoms with Crippen LogP contribution >= 0.6 is 0 Å². The predicted molar refractivity (Wildman–Crippen MR) is 93.9 cm³/mol. The van der Waals surface area contributed by atoms with Gasteiger partial charge in [-0.15, -0.1) is 0 Å². The smallest absolute Gasteiger partial charge is 0.255 e. The highest BCUT2D eigenvalue weighted by molar-refractivity contribution is 5.92. The fourth-order valence-corrected chi connectivity index (χ4v) is 3.40. The summed E-state index contributed by atoms with van der Waals surface area (Å²) >= 11 is 0. The number of rotatable bonds is 7. The summed E-state index contributed by atoms with van der Waals surface area (Å²) in [4.78, 5) is 26.9. The summed E-state index contributed by atoms with van der Waals surface area (Å²) in [6.07, 6.45) is -1.86. The van der Waals surface area contributed by atoms with E-state index in [0.29, 0.717) is 25.4 Å². The molecule has 0 spiro atoms. The third kappa shape index (κ3) is 4.23. The largest absolute Gasteiger partial charge is 0.394 e. The van der Waals surface area contributed by atoms with Gasteiger partial charge in [-0.2, -0.15) is 0 Å². The van der Waals surface area contributed by atoms with Crippen molar-refractivity contribution in [2.45, 2.75) is 51.4 Å². The topological polar surface area (TPSA) is 88.1 Å². The average molecular weight is 362 g/mol. The third-order valence-corrected chi connectivity index (χ3v) is 4.59. The Hall–Kier alpha value is -1.96. The van der Waals surface area contributed by atoms with Crippen LogP contribution in [0.3, 0.4) is 0 Å². The molecule has 2 N–H and O–H groups in total. The Morgan fingerprint density at radius 1 is 1.31 bits per heavy atom. The first-order valence-corrected chi connectivity index (χ1v) is 9.02. The zero-order valence-electron chi connectivity index (χ0n) is 15.1. The van der Waals surface area contributed by atoms with Crippen LogP contribution < -0.4 is 5.32 Å².